The van der Waals surface area contributed by atoms with Crippen LogP contribution in [-0.4, -0.2) is 12.6 Å². The zero-order chi connectivity index (χ0) is 11.8. The highest BCUT2D eigenvalue weighted by Crippen LogP contribution is 2.13. The molecule has 1 aromatic rings. The summed E-state index contributed by atoms with van der Waals surface area (Å²) in [6.45, 7) is 5.33. The molecule has 0 bridgehead atoms. The molecule has 0 spiro atoms. The first-order chi connectivity index (χ1) is 7.77. The van der Waals surface area contributed by atoms with E-state index in [2.05, 4.69) is 49.4 Å². The summed E-state index contributed by atoms with van der Waals surface area (Å²) in [5.74, 6) is 3.31. The monoisotopic (exact) mass is 215 g/mol. The lowest BCUT2D eigenvalue weighted by Gasteiger charge is -2.17. The number of hydrogen-bond acceptors (Lipinski definition) is 1. The van der Waals surface area contributed by atoms with Gasteiger partial charge in [-0.15, -0.1) is 6.42 Å². The Bertz CT molecular complexity index is 323. The van der Waals surface area contributed by atoms with Gasteiger partial charge in [0.1, 0.15) is 0 Å². The maximum absolute atomic E-state index is 5.47. The van der Waals surface area contributed by atoms with Gasteiger partial charge in [0.15, 0.2) is 0 Å². The van der Waals surface area contributed by atoms with Gasteiger partial charge in [-0.3, -0.25) is 0 Å². The second kappa shape index (κ2) is 7.09. The Kier molecular flexibility index (Phi) is 5.67. The van der Waals surface area contributed by atoms with Crippen molar-refractivity contribution in [2.45, 2.75) is 38.6 Å². The second-order valence-electron chi connectivity index (χ2n) is 4.23. The van der Waals surface area contributed by atoms with Gasteiger partial charge < -0.3 is 5.32 Å². The van der Waals surface area contributed by atoms with E-state index in [1.807, 2.05) is 6.07 Å². The fraction of sp³-hybridized carbons (Fsp3) is 0.467. The lowest BCUT2D eigenvalue weighted by Crippen LogP contribution is -2.30. The first-order valence-electron chi connectivity index (χ1n) is 6.02. The van der Waals surface area contributed by atoms with Gasteiger partial charge in [0.25, 0.3) is 0 Å². The molecule has 0 aromatic heterocycles. The van der Waals surface area contributed by atoms with E-state index < -0.39 is 0 Å². The van der Waals surface area contributed by atoms with Gasteiger partial charge in [-0.05, 0) is 17.9 Å². The quantitative estimate of drug-likeness (QED) is 0.719. The molecule has 0 saturated carbocycles. The summed E-state index contributed by atoms with van der Waals surface area (Å²) in [6.07, 6.45) is 7.65. The molecule has 0 aliphatic rings. The lowest BCUT2D eigenvalue weighted by molar-refractivity contribution is 0.533. The van der Waals surface area contributed by atoms with Gasteiger partial charge in [0, 0.05) is 6.54 Å². The van der Waals surface area contributed by atoms with Crippen molar-refractivity contribution in [3.8, 4) is 12.3 Å². The average molecular weight is 215 g/mol. The minimum Gasteiger partial charge on any atom is -0.303 e. The van der Waals surface area contributed by atoms with Crippen LogP contribution in [0.4, 0.5) is 0 Å². The third-order valence-corrected chi connectivity index (χ3v) is 2.82. The number of nitrogens with one attached hydrogen (secondary N) is 1. The molecule has 16 heavy (non-hydrogen) atoms. The van der Waals surface area contributed by atoms with Crippen molar-refractivity contribution >= 4 is 0 Å². The summed E-state index contributed by atoms with van der Waals surface area (Å²) >= 11 is 0. The van der Waals surface area contributed by atoms with Gasteiger partial charge >= 0.3 is 0 Å². The molecule has 0 fully saturated rings. The summed E-state index contributed by atoms with van der Waals surface area (Å²) in [5.41, 5.74) is 1.36. The van der Waals surface area contributed by atoms with Crippen LogP contribution in [0.15, 0.2) is 30.3 Å². The summed E-state index contributed by atoms with van der Waals surface area (Å²) in [4.78, 5) is 0. The maximum Gasteiger partial charge on any atom is 0.0687 e. The van der Waals surface area contributed by atoms with Crippen molar-refractivity contribution in [1.82, 2.24) is 5.32 Å². The van der Waals surface area contributed by atoms with Crippen LogP contribution in [-0.2, 0) is 0 Å². The number of terminal acetylenes is 1. The Hall–Kier alpha value is -1.26. The van der Waals surface area contributed by atoms with E-state index in [1.165, 1.54) is 5.56 Å². The van der Waals surface area contributed by atoms with Gasteiger partial charge in [0.2, 0.25) is 0 Å². The molecule has 0 aliphatic carbocycles. The van der Waals surface area contributed by atoms with Crippen molar-refractivity contribution in [1.29, 1.82) is 0 Å². The van der Waals surface area contributed by atoms with Crippen molar-refractivity contribution in [2.24, 2.45) is 0 Å². The molecule has 86 valence electrons. The van der Waals surface area contributed by atoms with Crippen LogP contribution in [0.2, 0.25) is 0 Å². The first kappa shape index (κ1) is 12.8. The largest absolute Gasteiger partial charge is 0.303 e. The van der Waals surface area contributed by atoms with Crippen molar-refractivity contribution in [2.75, 3.05) is 6.54 Å². The highest BCUT2D eigenvalue weighted by atomic mass is 14.9. The lowest BCUT2D eigenvalue weighted by atomic mass is 10.0. The first-order valence-corrected chi connectivity index (χ1v) is 6.02. The fourth-order valence-electron chi connectivity index (χ4n) is 1.75. The average Bonchev–Trinajstić information content (AvgIpc) is 2.35. The molecule has 1 aromatic carbocycles. The van der Waals surface area contributed by atoms with E-state index in [9.17, 15) is 0 Å². The molecule has 1 N–H and O–H groups in total. The van der Waals surface area contributed by atoms with E-state index >= 15 is 0 Å². The minimum absolute atomic E-state index is 0.219. The standard InChI is InChI=1S/C15H21N/c1-4-9-15(5-2)16-12-13(3)14-10-7-6-8-11-14/h2,6-8,10-11,13,15-16H,4,9,12H2,1,3H3. The van der Waals surface area contributed by atoms with Crippen LogP contribution in [0.1, 0.15) is 38.2 Å². The highest BCUT2D eigenvalue weighted by molar-refractivity contribution is 5.19. The molecule has 0 aliphatic heterocycles. The van der Waals surface area contributed by atoms with E-state index in [4.69, 9.17) is 6.42 Å². The van der Waals surface area contributed by atoms with E-state index in [0.717, 1.165) is 19.4 Å². The number of rotatable bonds is 6. The molecule has 0 radical (unpaired) electrons. The van der Waals surface area contributed by atoms with Crippen molar-refractivity contribution in [3.63, 3.8) is 0 Å². The number of hydrogen-bond donors (Lipinski definition) is 1. The molecule has 2 atom stereocenters. The molecule has 2 unspecified atom stereocenters. The predicted molar refractivity (Wildman–Crippen MR) is 70.4 cm³/mol. The van der Waals surface area contributed by atoms with Gasteiger partial charge in [-0.25, -0.2) is 0 Å². The van der Waals surface area contributed by atoms with Gasteiger partial charge in [-0.1, -0.05) is 56.5 Å². The van der Waals surface area contributed by atoms with E-state index in [1.54, 1.807) is 0 Å². The Morgan fingerprint density at radius 3 is 2.56 bits per heavy atom. The zero-order valence-electron chi connectivity index (χ0n) is 10.2. The minimum atomic E-state index is 0.219. The maximum atomic E-state index is 5.47. The second-order valence-corrected chi connectivity index (χ2v) is 4.23. The molecule has 0 heterocycles. The Morgan fingerprint density at radius 1 is 1.31 bits per heavy atom. The Labute approximate surface area is 99.3 Å². The molecule has 1 nitrogen and oxygen atoms in total. The highest BCUT2D eigenvalue weighted by Gasteiger charge is 2.07. The zero-order valence-corrected chi connectivity index (χ0v) is 10.2. The molecule has 1 heteroatoms. The molecule has 1 rings (SSSR count). The summed E-state index contributed by atoms with van der Waals surface area (Å²) < 4.78 is 0. The Balaban J connectivity index is 2.41. The van der Waals surface area contributed by atoms with E-state index in [-0.39, 0.29) is 6.04 Å². The third kappa shape index (κ3) is 4.08. The van der Waals surface area contributed by atoms with Crippen LogP contribution in [0, 0.1) is 12.3 Å². The van der Waals surface area contributed by atoms with Crippen LogP contribution in [0.25, 0.3) is 0 Å². The topological polar surface area (TPSA) is 12.0 Å². The van der Waals surface area contributed by atoms with Crippen LogP contribution >= 0.6 is 0 Å². The summed E-state index contributed by atoms with van der Waals surface area (Å²) in [6, 6.07) is 10.8. The van der Waals surface area contributed by atoms with Crippen molar-refractivity contribution in [3.05, 3.63) is 35.9 Å². The van der Waals surface area contributed by atoms with Crippen LogP contribution in [0.3, 0.4) is 0 Å². The van der Waals surface area contributed by atoms with E-state index in [0.29, 0.717) is 5.92 Å². The van der Waals surface area contributed by atoms with Gasteiger partial charge in [-0.2, -0.15) is 0 Å². The Morgan fingerprint density at radius 2 is 2.00 bits per heavy atom. The molecular weight excluding hydrogens is 194 g/mol. The molecule has 0 saturated heterocycles. The van der Waals surface area contributed by atoms with Crippen LogP contribution < -0.4 is 5.32 Å². The predicted octanol–water partition coefficient (Wildman–Crippen LogP) is 3.18. The fourth-order valence-corrected chi connectivity index (χ4v) is 1.75. The number of benzene rings is 1. The summed E-state index contributed by atoms with van der Waals surface area (Å²) in [7, 11) is 0. The SMILES string of the molecule is C#CC(CCC)NCC(C)c1ccccc1. The molecular formula is C15H21N. The van der Waals surface area contributed by atoms with Crippen LogP contribution in [0.5, 0.6) is 0 Å². The summed E-state index contributed by atoms with van der Waals surface area (Å²) in [5, 5.41) is 3.43. The van der Waals surface area contributed by atoms with Gasteiger partial charge in [0.05, 0.1) is 6.04 Å². The third-order valence-electron chi connectivity index (χ3n) is 2.82. The van der Waals surface area contributed by atoms with Crippen molar-refractivity contribution < 1.29 is 0 Å². The molecule has 0 amide bonds. The smallest absolute Gasteiger partial charge is 0.0687 e. The normalized spacial score (nSPS) is 14.1.